The third-order valence-electron chi connectivity index (χ3n) is 4.97. The van der Waals surface area contributed by atoms with Crippen LogP contribution in [0.5, 0.6) is 0 Å². The number of quaternary nitrogens is 1. The second-order valence-electron chi connectivity index (χ2n) is 6.82. The second-order valence-corrected chi connectivity index (χ2v) is 8.90. The summed E-state index contributed by atoms with van der Waals surface area (Å²) in [7, 11) is 0. The van der Waals surface area contributed by atoms with Crippen molar-refractivity contribution in [2.45, 2.75) is 25.3 Å². The number of benzene rings is 1. The monoisotopic (exact) mass is 412 g/mol. The maximum atomic E-state index is 12.6. The molecule has 1 aliphatic carbocycles. The van der Waals surface area contributed by atoms with E-state index in [1.165, 1.54) is 21.1 Å². The van der Waals surface area contributed by atoms with Crippen molar-refractivity contribution in [2.75, 3.05) is 11.9 Å². The lowest BCUT2D eigenvalue weighted by atomic mass is 10.1. The van der Waals surface area contributed by atoms with E-state index in [-0.39, 0.29) is 18.5 Å². The fourth-order valence-electron chi connectivity index (χ4n) is 3.70. The number of nitrogens with two attached hydrogens (primary N) is 2. The zero-order valence-corrected chi connectivity index (χ0v) is 16.9. The average molecular weight is 413 g/mol. The van der Waals surface area contributed by atoms with Crippen molar-refractivity contribution in [1.82, 2.24) is 0 Å². The number of rotatable bonds is 7. The van der Waals surface area contributed by atoms with Gasteiger partial charge in [0.1, 0.15) is 11.0 Å². The smallest absolute Gasteiger partial charge is 0.280 e. The van der Waals surface area contributed by atoms with Crippen molar-refractivity contribution in [1.29, 1.82) is 0 Å². The summed E-state index contributed by atoms with van der Waals surface area (Å²) in [6, 6.07) is 14.3. The molecule has 0 fully saturated rings. The Morgan fingerprint density at radius 1 is 1.14 bits per heavy atom. The molecule has 7 heteroatoms. The molecule has 0 bridgehead atoms. The minimum absolute atomic E-state index is 0.0657. The van der Waals surface area contributed by atoms with Gasteiger partial charge in [0.05, 0.1) is 10.4 Å². The second kappa shape index (κ2) is 8.26. The van der Waals surface area contributed by atoms with Crippen molar-refractivity contribution in [3.8, 4) is 0 Å². The summed E-state index contributed by atoms with van der Waals surface area (Å²) < 4.78 is 0. The molecule has 2 aromatic heterocycles. The highest BCUT2D eigenvalue weighted by atomic mass is 32.1. The first-order chi connectivity index (χ1) is 13.6. The Labute approximate surface area is 171 Å². The van der Waals surface area contributed by atoms with Crippen LogP contribution in [0.15, 0.2) is 47.8 Å². The summed E-state index contributed by atoms with van der Waals surface area (Å²) in [6.07, 6.45) is 2.86. The van der Waals surface area contributed by atoms with Crippen molar-refractivity contribution in [3.63, 3.8) is 0 Å². The molecule has 0 unspecified atom stereocenters. The lowest BCUT2D eigenvalue weighted by Gasteiger charge is -2.14. The zero-order chi connectivity index (χ0) is 19.5. The molecule has 2 amide bonds. The predicted molar refractivity (Wildman–Crippen MR) is 113 cm³/mol. The van der Waals surface area contributed by atoms with Gasteiger partial charge in [-0.3, -0.25) is 9.59 Å². The predicted octanol–water partition coefficient (Wildman–Crippen LogP) is 2.69. The Kier molecular flexibility index (Phi) is 5.57. The van der Waals surface area contributed by atoms with Crippen LogP contribution in [0.1, 0.15) is 43.7 Å². The number of nitrogens with one attached hydrogen (secondary N) is 1. The van der Waals surface area contributed by atoms with Crippen LogP contribution >= 0.6 is 22.7 Å². The fraction of sp³-hybridized carbons (Fsp3) is 0.238. The molecule has 0 saturated heterocycles. The summed E-state index contributed by atoms with van der Waals surface area (Å²) >= 11 is 3.17. The zero-order valence-electron chi connectivity index (χ0n) is 15.3. The first-order valence-electron chi connectivity index (χ1n) is 9.29. The molecule has 28 heavy (non-hydrogen) atoms. The van der Waals surface area contributed by atoms with Crippen molar-refractivity contribution in [2.24, 2.45) is 5.73 Å². The van der Waals surface area contributed by atoms with Gasteiger partial charge in [0.25, 0.3) is 11.8 Å². The molecule has 0 saturated carbocycles. The summed E-state index contributed by atoms with van der Waals surface area (Å²) in [5, 5.41) is 7.60. The Morgan fingerprint density at radius 3 is 2.68 bits per heavy atom. The Hall–Kier alpha value is -2.48. The number of hydrogen-bond acceptors (Lipinski definition) is 4. The molecule has 0 aliphatic heterocycles. The Morgan fingerprint density at radius 2 is 1.96 bits per heavy atom. The quantitative estimate of drug-likeness (QED) is 0.557. The van der Waals surface area contributed by atoms with Gasteiger partial charge in [-0.2, -0.15) is 0 Å². The highest BCUT2D eigenvalue weighted by molar-refractivity contribution is 7.17. The maximum Gasteiger partial charge on any atom is 0.280 e. The van der Waals surface area contributed by atoms with Crippen molar-refractivity contribution < 1.29 is 14.9 Å². The molecule has 1 atom stereocenters. The average Bonchev–Trinajstić information content (AvgIpc) is 3.40. The highest BCUT2D eigenvalue weighted by Crippen LogP contribution is 2.38. The van der Waals surface area contributed by atoms with Crippen molar-refractivity contribution >= 4 is 39.5 Å². The van der Waals surface area contributed by atoms with E-state index in [0.717, 1.165) is 30.4 Å². The summed E-state index contributed by atoms with van der Waals surface area (Å²) in [4.78, 5) is 26.9. The first kappa shape index (κ1) is 18.9. The molecule has 3 aromatic rings. The highest BCUT2D eigenvalue weighted by Gasteiger charge is 2.27. The van der Waals surface area contributed by atoms with E-state index >= 15 is 0 Å². The van der Waals surface area contributed by atoms with Crippen LogP contribution in [-0.2, 0) is 17.6 Å². The first-order valence-corrected chi connectivity index (χ1v) is 11.0. The molecule has 4 rings (SSSR count). The number of carbonyl (C=O) groups excluding carboxylic acids is 2. The molecule has 1 aliphatic rings. The Bertz CT molecular complexity index is 981. The number of amides is 2. The van der Waals surface area contributed by atoms with Crippen LogP contribution in [0.2, 0.25) is 0 Å². The maximum absolute atomic E-state index is 12.6. The largest absolute Gasteiger partial charge is 0.365 e. The van der Waals surface area contributed by atoms with Gasteiger partial charge in [0, 0.05) is 10.4 Å². The SMILES string of the molecule is NC(=O)c1c(NC(=O)C[NH2+][C@@H](c2ccccc2)c2cccs2)sc2c1CCC2. The number of primary amides is 1. The molecule has 0 spiro atoms. The molecule has 5 N–H and O–H groups in total. The number of aryl methyl sites for hydroxylation is 1. The normalized spacial score (nSPS) is 13.9. The van der Waals surface area contributed by atoms with Crippen LogP contribution in [0, 0.1) is 0 Å². The van der Waals surface area contributed by atoms with Crippen LogP contribution in [0.4, 0.5) is 5.00 Å². The lowest BCUT2D eigenvalue weighted by molar-refractivity contribution is -0.675. The van der Waals surface area contributed by atoms with E-state index in [9.17, 15) is 9.59 Å². The third-order valence-corrected chi connectivity index (χ3v) is 7.13. The van der Waals surface area contributed by atoms with Crippen LogP contribution in [0.25, 0.3) is 0 Å². The summed E-state index contributed by atoms with van der Waals surface area (Å²) in [5.74, 6) is -0.584. The summed E-state index contributed by atoms with van der Waals surface area (Å²) in [6.45, 7) is 0.262. The van der Waals surface area contributed by atoms with Crippen LogP contribution < -0.4 is 16.4 Å². The van der Waals surface area contributed by atoms with Gasteiger partial charge < -0.3 is 16.4 Å². The lowest BCUT2D eigenvalue weighted by Crippen LogP contribution is -2.87. The number of hydrogen-bond donors (Lipinski definition) is 3. The Balaban J connectivity index is 1.47. The van der Waals surface area contributed by atoms with Gasteiger partial charge in [-0.15, -0.1) is 22.7 Å². The number of anilines is 1. The van der Waals surface area contributed by atoms with E-state index in [2.05, 4.69) is 23.5 Å². The summed E-state index contributed by atoms with van der Waals surface area (Å²) in [5.41, 5.74) is 8.27. The number of carbonyl (C=O) groups is 2. The van der Waals surface area contributed by atoms with Crippen molar-refractivity contribution in [3.05, 3.63) is 74.3 Å². The molecule has 5 nitrogen and oxygen atoms in total. The minimum Gasteiger partial charge on any atom is -0.365 e. The van der Waals surface area contributed by atoms with Gasteiger partial charge in [-0.05, 0) is 36.3 Å². The standard InChI is InChI=1S/C21H21N3O2S2/c22-20(26)18-14-8-4-9-15(14)28-21(18)24-17(25)12-23-19(16-10-5-11-27-16)13-6-2-1-3-7-13/h1-3,5-7,10-11,19,23H,4,8-9,12H2,(H2,22,26)(H,24,25)/p+1/t19-/m0/s1. The molecule has 1 aromatic carbocycles. The molecular formula is C21H22N3O2S2+. The molecule has 0 radical (unpaired) electrons. The number of thiophene rings is 2. The number of fused-ring (bicyclic) bond motifs is 1. The van der Waals surface area contributed by atoms with Gasteiger partial charge >= 0.3 is 0 Å². The minimum atomic E-state index is -0.459. The van der Waals surface area contributed by atoms with Gasteiger partial charge in [0.2, 0.25) is 0 Å². The molecular weight excluding hydrogens is 390 g/mol. The third kappa shape index (κ3) is 3.87. The molecule has 2 heterocycles. The topological polar surface area (TPSA) is 88.8 Å². The van der Waals surface area contributed by atoms with Crippen LogP contribution in [-0.4, -0.2) is 18.4 Å². The van der Waals surface area contributed by atoms with E-state index < -0.39 is 5.91 Å². The van der Waals surface area contributed by atoms with Gasteiger partial charge in [-0.25, -0.2) is 0 Å². The van der Waals surface area contributed by atoms with E-state index in [4.69, 9.17) is 5.73 Å². The van der Waals surface area contributed by atoms with E-state index in [1.807, 2.05) is 35.0 Å². The van der Waals surface area contributed by atoms with Gasteiger partial charge in [0.15, 0.2) is 6.54 Å². The van der Waals surface area contributed by atoms with E-state index in [1.54, 1.807) is 11.3 Å². The van der Waals surface area contributed by atoms with Crippen LogP contribution in [0.3, 0.4) is 0 Å². The fourth-order valence-corrected chi connectivity index (χ4v) is 5.86. The van der Waals surface area contributed by atoms with E-state index in [0.29, 0.717) is 10.6 Å². The van der Waals surface area contributed by atoms with Gasteiger partial charge in [-0.1, -0.05) is 36.4 Å². The molecule has 144 valence electrons.